The van der Waals surface area contributed by atoms with Crippen molar-refractivity contribution in [2.24, 2.45) is 0 Å². The molecule has 0 fully saturated rings. The van der Waals surface area contributed by atoms with Crippen LogP contribution < -0.4 is 4.90 Å². The lowest BCUT2D eigenvalue weighted by Crippen LogP contribution is -2.33. The van der Waals surface area contributed by atoms with Crippen molar-refractivity contribution >= 4 is 43.9 Å². The Hall–Kier alpha value is -3.50. The minimum absolute atomic E-state index is 0.00644. The number of pyridine rings is 2. The smallest absolute Gasteiger partial charge is 0.235 e. The zero-order valence-corrected chi connectivity index (χ0v) is 18.9. The van der Waals surface area contributed by atoms with Crippen molar-refractivity contribution in [2.45, 2.75) is 18.0 Å². The highest BCUT2D eigenvalue weighted by Crippen LogP contribution is 2.27. The molecule has 0 N–H and O–H groups in total. The number of carbonyl (C=O) groups excluding carboxylic acids is 1. The third-order valence-corrected chi connectivity index (χ3v) is 6.04. The van der Waals surface area contributed by atoms with E-state index in [2.05, 4.69) is 19.9 Å². The van der Waals surface area contributed by atoms with Gasteiger partial charge in [-0.2, -0.15) is 0 Å². The maximum absolute atomic E-state index is 13.7. The second-order valence-electron chi connectivity index (χ2n) is 7.21. The molecule has 0 saturated heterocycles. The predicted octanol–water partition coefficient (Wildman–Crippen LogP) is 3.39. The number of carbonyl (C=O) groups is 1. The van der Waals surface area contributed by atoms with Gasteiger partial charge in [0.2, 0.25) is 5.91 Å². The highest BCUT2D eigenvalue weighted by atomic mass is 35.5. The molecule has 33 heavy (non-hydrogen) atoms. The first-order chi connectivity index (χ1) is 15.7. The van der Waals surface area contributed by atoms with Gasteiger partial charge in [-0.3, -0.25) is 4.79 Å². The maximum Gasteiger partial charge on any atom is 0.235 e. The first-order valence-electron chi connectivity index (χ1n) is 9.68. The highest BCUT2D eigenvalue weighted by Gasteiger charge is 2.25. The molecule has 3 aromatic heterocycles. The normalized spacial score (nSPS) is 11.5. The Morgan fingerprint density at radius 2 is 1.79 bits per heavy atom. The van der Waals surface area contributed by atoms with E-state index in [0.29, 0.717) is 22.3 Å². The molecule has 4 aromatic rings. The number of sulfone groups is 1. The van der Waals surface area contributed by atoms with Crippen LogP contribution in [0.1, 0.15) is 11.4 Å². The second kappa shape index (κ2) is 9.16. The third-order valence-electron chi connectivity index (χ3n) is 4.76. The van der Waals surface area contributed by atoms with Crippen molar-refractivity contribution in [1.82, 2.24) is 19.9 Å². The van der Waals surface area contributed by atoms with Crippen LogP contribution in [0.2, 0.25) is 5.15 Å². The van der Waals surface area contributed by atoms with Crippen LogP contribution in [0.25, 0.3) is 10.9 Å². The summed E-state index contributed by atoms with van der Waals surface area (Å²) in [5.41, 5.74) is 1.20. The molecule has 0 spiro atoms. The molecule has 11 heteroatoms. The summed E-state index contributed by atoms with van der Waals surface area (Å²) in [6, 6.07) is 11.0. The quantitative estimate of drug-likeness (QED) is 0.385. The van der Waals surface area contributed by atoms with Crippen LogP contribution in [0.15, 0.2) is 66.1 Å². The van der Waals surface area contributed by atoms with E-state index in [1.165, 1.54) is 35.6 Å². The molecule has 0 aliphatic carbocycles. The average Bonchev–Trinajstić information content (AvgIpc) is 2.78. The summed E-state index contributed by atoms with van der Waals surface area (Å²) < 4.78 is 38.4. The molecule has 0 unspecified atom stereocenters. The molecule has 0 aliphatic heterocycles. The van der Waals surface area contributed by atoms with Gasteiger partial charge in [-0.15, -0.1) is 0 Å². The molecule has 0 aliphatic rings. The summed E-state index contributed by atoms with van der Waals surface area (Å²) in [5, 5.41) is 0.0474. The Morgan fingerprint density at radius 3 is 2.52 bits per heavy atom. The summed E-state index contributed by atoms with van der Waals surface area (Å²) in [4.78, 5) is 30.8. The fraction of sp³-hybridized carbons (Fsp3) is 0.136. The van der Waals surface area contributed by atoms with Gasteiger partial charge in [-0.05, 0) is 35.9 Å². The Labute approximate surface area is 194 Å². The topological polar surface area (TPSA) is 106 Å². The van der Waals surface area contributed by atoms with Crippen molar-refractivity contribution in [3.8, 4) is 0 Å². The summed E-state index contributed by atoms with van der Waals surface area (Å²) in [5.74, 6) is -0.770. The van der Waals surface area contributed by atoms with E-state index in [1.807, 2.05) is 0 Å². The van der Waals surface area contributed by atoms with E-state index in [9.17, 15) is 17.6 Å². The van der Waals surface area contributed by atoms with Crippen LogP contribution >= 0.6 is 11.6 Å². The molecule has 0 atom stereocenters. The van der Waals surface area contributed by atoms with E-state index >= 15 is 0 Å². The van der Waals surface area contributed by atoms with Crippen LogP contribution in [0.3, 0.4) is 0 Å². The van der Waals surface area contributed by atoms with Gasteiger partial charge in [0.25, 0.3) is 0 Å². The highest BCUT2D eigenvalue weighted by molar-refractivity contribution is 7.90. The van der Waals surface area contributed by atoms with Gasteiger partial charge in [0.05, 0.1) is 24.2 Å². The Morgan fingerprint density at radius 1 is 1.06 bits per heavy atom. The van der Waals surface area contributed by atoms with Gasteiger partial charge in [-0.1, -0.05) is 23.7 Å². The number of amides is 1. The van der Waals surface area contributed by atoms with E-state index in [1.54, 1.807) is 30.3 Å². The second-order valence-corrected chi connectivity index (χ2v) is 9.50. The Balaban J connectivity index is 1.77. The third kappa shape index (κ3) is 5.12. The zero-order chi connectivity index (χ0) is 23.6. The van der Waals surface area contributed by atoms with E-state index < -0.39 is 21.6 Å². The van der Waals surface area contributed by atoms with Crippen LogP contribution in [-0.4, -0.2) is 40.5 Å². The van der Waals surface area contributed by atoms with Crippen molar-refractivity contribution in [2.75, 3.05) is 11.2 Å². The number of rotatable bonds is 6. The molecule has 8 nitrogen and oxygen atoms in total. The number of halogens is 2. The van der Waals surface area contributed by atoms with Gasteiger partial charge >= 0.3 is 0 Å². The molecule has 3 heterocycles. The molecule has 1 amide bonds. The molecular formula is C22H17ClFN5O3S. The fourth-order valence-corrected chi connectivity index (χ4v) is 4.23. The zero-order valence-electron chi connectivity index (χ0n) is 17.3. The lowest BCUT2D eigenvalue weighted by atomic mass is 10.1. The SMILES string of the molecule is CS(=O)(=O)c1ncccc1N(Cc1ccc2cc(F)c(Cl)nc2c1)C(=O)Cc1ncccn1. The lowest BCUT2D eigenvalue weighted by Gasteiger charge is -2.24. The van der Waals surface area contributed by atoms with Crippen molar-refractivity contribution in [3.05, 3.63) is 83.4 Å². The minimum atomic E-state index is -3.73. The predicted molar refractivity (Wildman–Crippen MR) is 121 cm³/mol. The standard InChI is InChI=1S/C22H17ClFN5O3S/c1-33(31,32)22-18(4-2-7-27-22)29(20(30)12-19-25-8-3-9-26-19)13-14-5-6-15-11-16(24)21(23)28-17(15)10-14/h2-11H,12-13H2,1H3. The number of aromatic nitrogens is 4. The fourth-order valence-electron chi connectivity index (χ4n) is 3.28. The molecule has 0 bridgehead atoms. The van der Waals surface area contributed by atoms with E-state index in [0.717, 1.165) is 6.26 Å². The summed E-state index contributed by atoms with van der Waals surface area (Å²) >= 11 is 5.81. The number of fused-ring (bicyclic) bond motifs is 1. The molecule has 0 saturated carbocycles. The monoisotopic (exact) mass is 485 g/mol. The first-order valence-corrected chi connectivity index (χ1v) is 12.0. The van der Waals surface area contributed by atoms with Crippen LogP contribution in [-0.2, 0) is 27.6 Å². The number of benzene rings is 1. The molecule has 1 aromatic carbocycles. The largest absolute Gasteiger partial charge is 0.305 e. The van der Waals surface area contributed by atoms with Crippen LogP contribution in [0, 0.1) is 5.82 Å². The first kappa shape index (κ1) is 22.7. The van der Waals surface area contributed by atoms with Crippen molar-refractivity contribution in [3.63, 3.8) is 0 Å². The van der Waals surface area contributed by atoms with Crippen LogP contribution in [0.4, 0.5) is 10.1 Å². The minimum Gasteiger partial charge on any atom is -0.305 e. The van der Waals surface area contributed by atoms with Crippen molar-refractivity contribution in [1.29, 1.82) is 0 Å². The van der Waals surface area contributed by atoms with Gasteiger partial charge in [-0.25, -0.2) is 32.7 Å². The Bertz CT molecular complexity index is 1450. The molecule has 0 radical (unpaired) electrons. The van der Waals surface area contributed by atoms with Crippen LogP contribution in [0.5, 0.6) is 0 Å². The Kier molecular flexibility index (Phi) is 6.30. The molecule has 168 valence electrons. The number of anilines is 1. The van der Waals surface area contributed by atoms with E-state index in [-0.39, 0.29) is 28.8 Å². The van der Waals surface area contributed by atoms with E-state index in [4.69, 9.17) is 11.6 Å². The number of nitrogens with zero attached hydrogens (tertiary/aromatic N) is 5. The lowest BCUT2D eigenvalue weighted by molar-refractivity contribution is -0.118. The molecule has 4 rings (SSSR count). The number of hydrogen-bond acceptors (Lipinski definition) is 7. The van der Waals surface area contributed by atoms with Gasteiger partial charge in [0, 0.05) is 30.2 Å². The van der Waals surface area contributed by atoms with Gasteiger partial charge < -0.3 is 4.90 Å². The maximum atomic E-state index is 13.7. The van der Waals surface area contributed by atoms with Crippen molar-refractivity contribution < 1.29 is 17.6 Å². The van der Waals surface area contributed by atoms with Gasteiger partial charge in [0.15, 0.2) is 25.8 Å². The summed E-state index contributed by atoms with van der Waals surface area (Å²) in [6.07, 6.45) is 5.26. The molecular weight excluding hydrogens is 469 g/mol. The summed E-state index contributed by atoms with van der Waals surface area (Å²) in [7, 11) is -3.73. The summed E-state index contributed by atoms with van der Waals surface area (Å²) in [6.45, 7) is 0.00644. The van der Waals surface area contributed by atoms with Gasteiger partial charge in [0.1, 0.15) is 5.82 Å². The number of hydrogen-bond donors (Lipinski definition) is 0. The average molecular weight is 486 g/mol.